The molecule has 0 saturated carbocycles. The van der Waals surface area contributed by atoms with Crippen LogP contribution in [0.5, 0.6) is 23.0 Å². The fourth-order valence-corrected chi connectivity index (χ4v) is 4.02. The second-order valence-corrected chi connectivity index (χ2v) is 6.65. The van der Waals surface area contributed by atoms with E-state index in [0.717, 1.165) is 21.9 Å². The van der Waals surface area contributed by atoms with Gasteiger partial charge in [0.15, 0.2) is 23.0 Å². The maximum Gasteiger partial charge on any atom is 0.341 e. The number of cyclic esters (lactones) is 1. The summed E-state index contributed by atoms with van der Waals surface area (Å²) in [4.78, 5) is 12.5. The van der Waals surface area contributed by atoms with Gasteiger partial charge < -0.3 is 28.4 Å². The van der Waals surface area contributed by atoms with Gasteiger partial charge in [-0.15, -0.1) is 0 Å². The summed E-state index contributed by atoms with van der Waals surface area (Å²) in [7, 11) is 1.51. The lowest BCUT2D eigenvalue weighted by Crippen LogP contribution is -2.02. The number of ether oxygens (including phenoxy) is 6. The van der Waals surface area contributed by atoms with Gasteiger partial charge in [-0.1, -0.05) is 12.1 Å². The molecule has 1 atom stereocenters. The van der Waals surface area contributed by atoms with E-state index in [1.165, 1.54) is 7.11 Å². The molecule has 0 bridgehead atoms. The van der Waals surface area contributed by atoms with Crippen LogP contribution in [0.15, 0.2) is 36.4 Å². The summed E-state index contributed by atoms with van der Waals surface area (Å²) < 4.78 is 33.2. The summed E-state index contributed by atoms with van der Waals surface area (Å²) in [6.45, 7) is 0.330. The lowest BCUT2D eigenvalue weighted by Gasteiger charge is -2.17. The van der Waals surface area contributed by atoms with Gasteiger partial charge in [0.25, 0.3) is 0 Å². The SMILES string of the molecule is COC1OC(=O)c2cc3ccc4c(c3c(-c3ccc5c(c3)OCO5)c21)OCO4. The maximum atomic E-state index is 12.5. The molecule has 0 radical (unpaired) electrons. The molecule has 28 heavy (non-hydrogen) atoms. The van der Waals surface area contributed by atoms with Crippen molar-refractivity contribution < 1.29 is 33.2 Å². The van der Waals surface area contributed by atoms with Crippen molar-refractivity contribution in [2.45, 2.75) is 6.29 Å². The third-order valence-electron chi connectivity index (χ3n) is 5.23. The number of carbonyl (C=O) groups excluding carboxylic acids is 1. The topological polar surface area (TPSA) is 72.5 Å². The highest BCUT2D eigenvalue weighted by atomic mass is 16.7. The molecule has 6 rings (SSSR count). The van der Waals surface area contributed by atoms with E-state index in [9.17, 15) is 4.79 Å². The molecule has 0 fully saturated rings. The van der Waals surface area contributed by atoms with Gasteiger partial charge in [0, 0.05) is 23.6 Å². The van der Waals surface area contributed by atoms with Crippen molar-refractivity contribution in [1.29, 1.82) is 0 Å². The van der Waals surface area contributed by atoms with Gasteiger partial charge in [-0.05, 0) is 35.2 Å². The standard InChI is InChI=1S/C21H14O7/c1-23-21-18-12(20(22)28-21)6-10-3-5-14-19(27-9-25-14)17(10)16(18)11-2-4-13-15(7-11)26-8-24-13/h2-7,21H,8-9H2,1H3. The van der Waals surface area contributed by atoms with Gasteiger partial charge in [0.1, 0.15) is 0 Å². The number of fused-ring (bicyclic) bond motifs is 5. The number of rotatable bonds is 2. The van der Waals surface area contributed by atoms with Gasteiger partial charge in [0.2, 0.25) is 19.9 Å². The zero-order valence-corrected chi connectivity index (χ0v) is 14.8. The highest BCUT2D eigenvalue weighted by Crippen LogP contribution is 2.50. The largest absolute Gasteiger partial charge is 0.454 e. The predicted molar refractivity (Wildman–Crippen MR) is 96.8 cm³/mol. The van der Waals surface area contributed by atoms with Crippen molar-refractivity contribution in [2.75, 3.05) is 20.7 Å². The Bertz CT molecular complexity index is 1170. The lowest BCUT2D eigenvalue weighted by atomic mass is 9.89. The number of benzene rings is 3. The molecule has 3 aliphatic rings. The third-order valence-corrected chi connectivity index (χ3v) is 5.23. The second-order valence-electron chi connectivity index (χ2n) is 6.65. The summed E-state index contributed by atoms with van der Waals surface area (Å²) in [6.07, 6.45) is -0.800. The molecule has 0 amide bonds. The molecular weight excluding hydrogens is 364 g/mol. The molecule has 7 heteroatoms. The van der Waals surface area contributed by atoms with Crippen LogP contribution in [-0.4, -0.2) is 26.7 Å². The van der Waals surface area contributed by atoms with E-state index in [0.29, 0.717) is 34.1 Å². The van der Waals surface area contributed by atoms with Crippen molar-refractivity contribution in [3.05, 3.63) is 47.5 Å². The van der Waals surface area contributed by atoms with E-state index in [1.54, 1.807) is 0 Å². The first-order valence-corrected chi connectivity index (χ1v) is 8.77. The van der Waals surface area contributed by atoms with Crippen LogP contribution in [0, 0.1) is 0 Å². The predicted octanol–water partition coefficient (Wildman–Crippen LogP) is 3.78. The zero-order chi connectivity index (χ0) is 18.8. The molecule has 0 saturated heterocycles. The Morgan fingerprint density at radius 2 is 1.71 bits per heavy atom. The Kier molecular flexibility index (Phi) is 3.08. The lowest BCUT2D eigenvalue weighted by molar-refractivity contribution is -0.0812. The molecule has 3 heterocycles. The molecule has 0 spiro atoms. The van der Waals surface area contributed by atoms with Crippen LogP contribution in [0.2, 0.25) is 0 Å². The molecule has 0 aromatic heterocycles. The second kappa shape index (κ2) is 5.53. The molecule has 0 N–H and O–H groups in total. The minimum atomic E-state index is -0.800. The van der Waals surface area contributed by atoms with E-state index in [4.69, 9.17) is 28.4 Å². The van der Waals surface area contributed by atoms with Gasteiger partial charge in [-0.3, -0.25) is 0 Å². The van der Waals surface area contributed by atoms with E-state index in [1.807, 2.05) is 36.4 Å². The highest BCUT2D eigenvalue weighted by molar-refractivity contribution is 6.10. The van der Waals surface area contributed by atoms with Crippen LogP contribution in [0.4, 0.5) is 0 Å². The van der Waals surface area contributed by atoms with E-state index in [-0.39, 0.29) is 13.6 Å². The number of methoxy groups -OCH3 is 1. The van der Waals surface area contributed by atoms with Crippen LogP contribution >= 0.6 is 0 Å². The first-order chi connectivity index (χ1) is 13.7. The third kappa shape index (κ3) is 1.99. The minimum absolute atomic E-state index is 0.148. The van der Waals surface area contributed by atoms with E-state index >= 15 is 0 Å². The van der Waals surface area contributed by atoms with Crippen LogP contribution < -0.4 is 18.9 Å². The van der Waals surface area contributed by atoms with E-state index < -0.39 is 12.3 Å². The van der Waals surface area contributed by atoms with Crippen molar-refractivity contribution in [3.63, 3.8) is 0 Å². The van der Waals surface area contributed by atoms with Crippen LogP contribution in [0.25, 0.3) is 21.9 Å². The van der Waals surface area contributed by atoms with Gasteiger partial charge in [0.05, 0.1) is 5.56 Å². The summed E-state index contributed by atoms with van der Waals surface area (Å²) in [5.41, 5.74) is 2.79. The monoisotopic (exact) mass is 378 g/mol. The molecule has 0 aliphatic carbocycles. The first kappa shape index (κ1) is 15.6. The Balaban J connectivity index is 1.74. The fourth-order valence-electron chi connectivity index (χ4n) is 4.02. The van der Waals surface area contributed by atoms with Crippen molar-refractivity contribution in [1.82, 2.24) is 0 Å². The number of hydrogen-bond donors (Lipinski definition) is 0. The average molecular weight is 378 g/mol. The van der Waals surface area contributed by atoms with Crippen LogP contribution in [0.1, 0.15) is 22.2 Å². The summed E-state index contributed by atoms with van der Waals surface area (Å²) >= 11 is 0. The van der Waals surface area contributed by atoms with E-state index in [2.05, 4.69) is 0 Å². The smallest absolute Gasteiger partial charge is 0.341 e. The Morgan fingerprint density at radius 1 is 0.929 bits per heavy atom. The summed E-state index contributed by atoms with van der Waals surface area (Å²) in [5, 5.41) is 1.69. The quantitative estimate of drug-likeness (QED) is 0.629. The summed E-state index contributed by atoms with van der Waals surface area (Å²) in [6, 6.07) is 11.2. The van der Waals surface area contributed by atoms with Gasteiger partial charge in [-0.25, -0.2) is 4.79 Å². The normalized spacial score (nSPS) is 18.5. The maximum absolute atomic E-state index is 12.5. The Hall–Kier alpha value is -3.45. The van der Waals surface area contributed by atoms with Crippen LogP contribution in [0.3, 0.4) is 0 Å². The zero-order valence-electron chi connectivity index (χ0n) is 14.8. The first-order valence-electron chi connectivity index (χ1n) is 8.77. The Morgan fingerprint density at radius 3 is 2.61 bits per heavy atom. The number of hydrogen-bond acceptors (Lipinski definition) is 7. The molecule has 3 aromatic carbocycles. The van der Waals surface area contributed by atoms with Crippen molar-refractivity contribution >= 4 is 16.7 Å². The van der Waals surface area contributed by atoms with Crippen LogP contribution in [-0.2, 0) is 9.47 Å². The van der Waals surface area contributed by atoms with Gasteiger partial charge in [-0.2, -0.15) is 0 Å². The van der Waals surface area contributed by atoms with Crippen molar-refractivity contribution in [3.8, 4) is 34.1 Å². The Labute approximate surface area is 159 Å². The minimum Gasteiger partial charge on any atom is -0.454 e. The molecular formula is C21H14O7. The van der Waals surface area contributed by atoms with Gasteiger partial charge >= 0.3 is 5.97 Å². The average Bonchev–Trinajstić information content (AvgIpc) is 3.44. The molecule has 3 aromatic rings. The molecule has 1 unspecified atom stereocenters. The summed E-state index contributed by atoms with van der Waals surface area (Å²) in [5.74, 6) is 2.22. The number of carbonyl (C=O) groups is 1. The molecule has 3 aliphatic heterocycles. The molecule has 7 nitrogen and oxygen atoms in total. The fraction of sp³-hybridized carbons (Fsp3) is 0.190. The van der Waals surface area contributed by atoms with Crippen molar-refractivity contribution in [2.24, 2.45) is 0 Å². The molecule has 140 valence electrons. The number of esters is 1. The highest BCUT2D eigenvalue weighted by Gasteiger charge is 2.37.